The molecule has 8 nitrogen and oxygen atoms in total. The van der Waals surface area contributed by atoms with Crippen LogP contribution in [0.3, 0.4) is 0 Å². The lowest BCUT2D eigenvalue weighted by Gasteiger charge is -2.23. The molecule has 0 saturated heterocycles. The van der Waals surface area contributed by atoms with Crippen molar-refractivity contribution in [3.8, 4) is 0 Å². The monoisotopic (exact) mass is 455 g/mol. The van der Waals surface area contributed by atoms with E-state index in [0.29, 0.717) is 18.0 Å². The summed E-state index contributed by atoms with van der Waals surface area (Å²) in [6, 6.07) is 9.00. The number of carbonyl (C=O) groups is 2. The minimum atomic E-state index is -0.604. The van der Waals surface area contributed by atoms with Crippen LogP contribution in [0.1, 0.15) is 67.7 Å². The minimum Gasteiger partial charge on any atom is -0.414 e. The van der Waals surface area contributed by atoms with E-state index in [0.717, 1.165) is 43.0 Å². The predicted octanol–water partition coefficient (Wildman–Crippen LogP) is 3.96. The Kier molecular flexibility index (Phi) is 6.74. The number of nitrogens with zero attached hydrogens (tertiary/aromatic N) is 2. The molecular formula is C23H29N5O3S. The van der Waals surface area contributed by atoms with Crippen molar-refractivity contribution in [1.29, 1.82) is 0 Å². The van der Waals surface area contributed by atoms with Crippen molar-refractivity contribution < 1.29 is 14.0 Å². The second-order valence-electron chi connectivity index (χ2n) is 8.42. The van der Waals surface area contributed by atoms with Crippen LogP contribution in [0.25, 0.3) is 10.9 Å². The van der Waals surface area contributed by atoms with E-state index in [-0.39, 0.29) is 28.6 Å². The first-order chi connectivity index (χ1) is 15.5. The lowest BCUT2D eigenvalue weighted by molar-refractivity contribution is -0.124. The lowest BCUT2D eigenvalue weighted by Crippen LogP contribution is -2.50. The molecule has 1 aliphatic rings. The zero-order valence-electron chi connectivity index (χ0n) is 18.4. The zero-order valence-corrected chi connectivity index (χ0v) is 19.2. The summed E-state index contributed by atoms with van der Waals surface area (Å²) in [5, 5.41) is 13.9. The number of aromatic nitrogens is 3. The zero-order chi connectivity index (χ0) is 22.7. The molecule has 2 aromatic heterocycles. The van der Waals surface area contributed by atoms with E-state index in [1.807, 2.05) is 41.9 Å². The fraction of sp³-hybridized carbons (Fsp3) is 0.478. The highest BCUT2D eigenvalue weighted by Gasteiger charge is 2.35. The van der Waals surface area contributed by atoms with Gasteiger partial charge in [0.1, 0.15) is 11.7 Å². The first-order valence-corrected chi connectivity index (χ1v) is 11.6. The summed E-state index contributed by atoms with van der Waals surface area (Å²) in [6.45, 7) is 2.07. The number of rotatable bonds is 8. The van der Waals surface area contributed by atoms with E-state index in [4.69, 9.17) is 16.6 Å². The average molecular weight is 456 g/mol. The average Bonchev–Trinajstić information content (AvgIpc) is 3.50. The van der Waals surface area contributed by atoms with Crippen LogP contribution in [0, 0.1) is 4.84 Å². The molecule has 170 valence electrons. The number of aryl methyl sites for hydroxylation is 1. The van der Waals surface area contributed by atoms with Crippen molar-refractivity contribution in [2.24, 2.45) is 7.05 Å². The Morgan fingerprint density at radius 3 is 2.88 bits per heavy atom. The standard InChI is InChI=1S/C23H29N5O3S/c1-3-4-10-17(25-21(30)19-13-14-8-5-6-12-18(14)28(19)2)20(29)24-16-11-7-9-15(16)22-26-27-23(32)31-22/h5-6,8,12-13,15-17H,3-4,7,9-11H2,1-2H3,(H,24,29)(H,25,30)(H,27,32)/t15-,16+,17+/m1/s1. The first kappa shape index (κ1) is 22.3. The summed E-state index contributed by atoms with van der Waals surface area (Å²) in [5.41, 5.74) is 1.51. The largest absolute Gasteiger partial charge is 0.414 e. The van der Waals surface area contributed by atoms with Gasteiger partial charge in [-0.3, -0.25) is 9.59 Å². The number of aromatic amines is 1. The fourth-order valence-corrected chi connectivity index (χ4v) is 4.66. The summed E-state index contributed by atoms with van der Waals surface area (Å²) in [4.78, 5) is 26.5. The van der Waals surface area contributed by atoms with Gasteiger partial charge in [0.25, 0.3) is 10.7 Å². The summed E-state index contributed by atoms with van der Waals surface area (Å²) < 4.78 is 7.35. The van der Waals surface area contributed by atoms with Crippen molar-refractivity contribution in [1.82, 2.24) is 25.4 Å². The van der Waals surface area contributed by atoms with E-state index in [2.05, 4.69) is 27.8 Å². The maximum absolute atomic E-state index is 13.2. The van der Waals surface area contributed by atoms with Crippen molar-refractivity contribution >= 4 is 34.9 Å². The molecule has 3 atom stereocenters. The Morgan fingerprint density at radius 1 is 1.34 bits per heavy atom. The Balaban J connectivity index is 1.48. The van der Waals surface area contributed by atoms with Gasteiger partial charge in [0.2, 0.25) is 11.8 Å². The van der Waals surface area contributed by atoms with Gasteiger partial charge < -0.3 is 19.6 Å². The number of para-hydroxylation sites is 1. The number of carbonyl (C=O) groups excluding carboxylic acids is 2. The number of unbranched alkanes of at least 4 members (excludes halogenated alkanes) is 1. The van der Waals surface area contributed by atoms with Crippen LogP contribution in [-0.2, 0) is 11.8 Å². The SMILES string of the molecule is CCCC[C@H](NC(=O)c1cc2ccccc2n1C)C(=O)N[C@H]1CCC[C@H]1c1n[nH]c(=S)o1. The van der Waals surface area contributed by atoms with Crippen LogP contribution in [0.2, 0.25) is 0 Å². The molecule has 1 fully saturated rings. The molecule has 1 aromatic carbocycles. The minimum absolute atomic E-state index is 0.0207. The smallest absolute Gasteiger partial charge is 0.284 e. The molecule has 32 heavy (non-hydrogen) atoms. The molecule has 1 saturated carbocycles. The molecule has 2 heterocycles. The maximum Gasteiger partial charge on any atom is 0.284 e. The van der Waals surface area contributed by atoms with Gasteiger partial charge in [-0.15, -0.1) is 5.10 Å². The molecule has 0 unspecified atom stereocenters. The van der Waals surface area contributed by atoms with Crippen LogP contribution < -0.4 is 10.6 Å². The van der Waals surface area contributed by atoms with E-state index < -0.39 is 6.04 Å². The number of fused-ring (bicyclic) bond motifs is 1. The van der Waals surface area contributed by atoms with Crippen LogP contribution in [0.5, 0.6) is 0 Å². The first-order valence-electron chi connectivity index (χ1n) is 11.2. The summed E-state index contributed by atoms with van der Waals surface area (Å²) >= 11 is 4.99. The number of benzene rings is 1. The number of hydrogen-bond donors (Lipinski definition) is 3. The van der Waals surface area contributed by atoms with Crippen LogP contribution in [-0.4, -0.2) is 38.7 Å². The molecule has 9 heteroatoms. The van der Waals surface area contributed by atoms with Gasteiger partial charge in [0.05, 0.1) is 5.92 Å². The van der Waals surface area contributed by atoms with Crippen LogP contribution in [0.15, 0.2) is 34.7 Å². The Hall–Kier alpha value is -2.94. The predicted molar refractivity (Wildman–Crippen MR) is 124 cm³/mol. The van der Waals surface area contributed by atoms with Gasteiger partial charge in [-0.05, 0) is 43.6 Å². The fourth-order valence-electron chi connectivity index (χ4n) is 4.53. The lowest BCUT2D eigenvalue weighted by atomic mass is 10.0. The van der Waals surface area contributed by atoms with Crippen LogP contribution in [0.4, 0.5) is 0 Å². The van der Waals surface area contributed by atoms with Crippen molar-refractivity contribution in [3.63, 3.8) is 0 Å². The van der Waals surface area contributed by atoms with Gasteiger partial charge in [0.15, 0.2) is 0 Å². The summed E-state index contributed by atoms with van der Waals surface area (Å²) in [5.74, 6) is 0.0904. The molecule has 0 spiro atoms. The van der Waals surface area contributed by atoms with E-state index in [9.17, 15) is 9.59 Å². The highest BCUT2D eigenvalue weighted by atomic mass is 32.1. The number of nitrogens with one attached hydrogen (secondary N) is 3. The van der Waals surface area contributed by atoms with Crippen molar-refractivity contribution in [2.45, 2.75) is 63.5 Å². The van der Waals surface area contributed by atoms with Crippen LogP contribution >= 0.6 is 12.2 Å². The number of hydrogen-bond acceptors (Lipinski definition) is 5. The quantitative estimate of drug-likeness (QED) is 0.446. The third-order valence-corrected chi connectivity index (χ3v) is 6.44. The van der Waals surface area contributed by atoms with Crippen molar-refractivity contribution in [2.75, 3.05) is 0 Å². The van der Waals surface area contributed by atoms with E-state index in [1.165, 1.54) is 0 Å². The van der Waals surface area contributed by atoms with Gasteiger partial charge in [-0.2, -0.15) is 0 Å². The highest BCUT2D eigenvalue weighted by molar-refractivity contribution is 7.71. The maximum atomic E-state index is 13.2. The molecule has 1 aliphatic carbocycles. The molecule has 0 radical (unpaired) electrons. The van der Waals surface area contributed by atoms with Gasteiger partial charge >= 0.3 is 0 Å². The molecule has 3 N–H and O–H groups in total. The van der Waals surface area contributed by atoms with Gasteiger partial charge in [0, 0.05) is 24.0 Å². The van der Waals surface area contributed by atoms with Gasteiger partial charge in [-0.25, -0.2) is 5.10 Å². The Morgan fingerprint density at radius 2 is 2.16 bits per heavy atom. The normalized spacial score (nSPS) is 19.2. The molecule has 3 aromatic rings. The third-order valence-electron chi connectivity index (χ3n) is 6.27. The Labute approximate surface area is 191 Å². The summed E-state index contributed by atoms with van der Waals surface area (Å²) in [7, 11) is 1.86. The topological polar surface area (TPSA) is 105 Å². The van der Waals surface area contributed by atoms with E-state index in [1.54, 1.807) is 0 Å². The molecule has 2 amide bonds. The Bertz CT molecular complexity index is 1160. The molecular weight excluding hydrogens is 426 g/mol. The molecule has 0 aliphatic heterocycles. The molecule has 4 rings (SSSR count). The highest BCUT2D eigenvalue weighted by Crippen LogP contribution is 2.33. The third kappa shape index (κ3) is 4.62. The van der Waals surface area contributed by atoms with Gasteiger partial charge in [-0.1, -0.05) is 44.4 Å². The van der Waals surface area contributed by atoms with Crippen molar-refractivity contribution in [3.05, 3.63) is 46.8 Å². The second-order valence-corrected chi connectivity index (χ2v) is 8.79. The van der Waals surface area contributed by atoms with E-state index >= 15 is 0 Å². The number of amides is 2. The summed E-state index contributed by atoms with van der Waals surface area (Å²) in [6.07, 6.45) is 5.04. The number of H-pyrrole nitrogens is 1. The second kappa shape index (κ2) is 9.68. The molecule has 0 bridgehead atoms.